The lowest BCUT2D eigenvalue weighted by Crippen LogP contribution is -2.58. The molecule has 1 heterocycles. The van der Waals surface area contributed by atoms with Gasteiger partial charge in [-0.1, -0.05) is 13.8 Å². The minimum atomic E-state index is -0.538. The largest absolute Gasteiger partial charge is 0.444 e. The van der Waals surface area contributed by atoms with Gasteiger partial charge in [0, 0.05) is 33.1 Å². The number of nitrogens with zero attached hydrogens (tertiary/aromatic N) is 2. The first-order valence-corrected chi connectivity index (χ1v) is 10.3. The lowest BCUT2D eigenvalue weighted by atomic mass is 9.92. The van der Waals surface area contributed by atoms with Gasteiger partial charge >= 0.3 is 6.09 Å². The summed E-state index contributed by atoms with van der Waals surface area (Å²) >= 11 is 0. The molecule has 4 N–H and O–H groups in total. The number of piperidine rings is 1. The van der Waals surface area contributed by atoms with Crippen LogP contribution in [0.5, 0.6) is 0 Å². The fraction of sp³-hybridized carbons (Fsp3) is 0.850. The van der Waals surface area contributed by atoms with Gasteiger partial charge in [0.1, 0.15) is 5.60 Å². The fourth-order valence-corrected chi connectivity index (χ4v) is 3.53. The molecule has 0 aromatic rings. The number of aliphatic imine (C=N–C) groups is 1. The second-order valence-corrected chi connectivity index (χ2v) is 8.64. The van der Waals surface area contributed by atoms with E-state index < -0.39 is 17.2 Å². The normalized spacial score (nSPS) is 17.9. The maximum Gasteiger partial charge on any atom is 0.408 e. The summed E-state index contributed by atoms with van der Waals surface area (Å²) in [7, 11) is 1.75. The van der Waals surface area contributed by atoms with E-state index in [2.05, 4.69) is 34.4 Å². The van der Waals surface area contributed by atoms with Crippen LogP contribution in [0.4, 0.5) is 4.79 Å². The van der Waals surface area contributed by atoms with E-state index in [1.54, 1.807) is 7.05 Å². The van der Waals surface area contributed by atoms with Crippen molar-refractivity contribution >= 4 is 41.9 Å². The first kappa shape index (κ1) is 27.7. The van der Waals surface area contributed by atoms with Gasteiger partial charge in [-0.05, 0) is 52.4 Å². The number of likely N-dealkylation sites (tertiary alicyclic amines) is 1. The van der Waals surface area contributed by atoms with Gasteiger partial charge in [-0.2, -0.15) is 0 Å². The number of ether oxygens (including phenoxy) is 1. The van der Waals surface area contributed by atoms with E-state index >= 15 is 0 Å². The Labute approximate surface area is 192 Å². The van der Waals surface area contributed by atoms with Crippen LogP contribution in [-0.4, -0.2) is 60.7 Å². The molecule has 0 saturated carbocycles. The number of carbonyl (C=O) groups excluding carboxylic acids is 2. The number of carbonyl (C=O) groups is 2. The number of hydrogen-bond acceptors (Lipinski definition) is 4. The minimum Gasteiger partial charge on any atom is -0.444 e. The zero-order valence-electron chi connectivity index (χ0n) is 18.8. The second kappa shape index (κ2) is 12.4. The first-order chi connectivity index (χ1) is 13.0. The molecule has 1 aliphatic rings. The Balaban J connectivity index is 0.00000784. The quantitative estimate of drug-likeness (QED) is 0.269. The Bertz CT molecular complexity index is 559. The molecule has 1 rings (SSSR count). The molecule has 9 heteroatoms. The van der Waals surface area contributed by atoms with Gasteiger partial charge in [-0.15, -0.1) is 24.0 Å². The maximum absolute atomic E-state index is 12.3. The maximum atomic E-state index is 12.3. The van der Waals surface area contributed by atoms with E-state index in [9.17, 15) is 9.59 Å². The molecule has 2 amide bonds. The number of primary amides is 1. The molecule has 0 aliphatic carbocycles. The molecular formula is C20H40IN5O3. The lowest BCUT2D eigenvalue weighted by molar-refractivity contribution is -0.119. The Hall–Kier alpha value is -1.26. The van der Waals surface area contributed by atoms with E-state index in [-0.39, 0.29) is 35.8 Å². The molecule has 0 spiro atoms. The van der Waals surface area contributed by atoms with Crippen molar-refractivity contribution in [3.63, 3.8) is 0 Å². The molecule has 0 aromatic heterocycles. The third kappa shape index (κ3) is 9.86. The molecule has 170 valence electrons. The predicted octanol–water partition coefficient (Wildman–Crippen LogP) is 2.85. The minimum absolute atomic E-state index is 0. The van der Waals surface area contributed by atoms with E-state index in [1.807, 2.05) is 20.8 Å². The van der Waals surface area contributed by atoms with E-state index in [0.29, 0.717) is 13.0 Å². The van der Waals surface area contributed by atoms with Gasteiger partial charge in [0.15, 0.2) is 5.96 Å². The van der Waals surface area contributed by atoms with Crippen LogP contribution in [0, 0.1) is 5.92 Å². The van der Waals surface area contributed by atoms with Gasteiger partial charge < -0.3 is 26.0 Å². The summed E-state index contributed by atoms with van der Waals surface area (Å²) < 4.78 is 5.44. The number of halogens is 1. The smallest absolute Gasteiger partial charge is 0.408 e. The molecule has 0 radical (unpaired) electrons. The Morgan fingerprint density at radius 2 is 1.86 bits per heavy atom. The van der Waals surface area contributed by atoms with Crippen molar-refractivity contribution in [2.45, 2.75) is 77.9 Å². The molecule has 8 nitrogen and oxygen atoms in total. The molecule has 1 saturated heterocycles. The molecule has 29 heavy (non-hydrogen) atoms. The zero-order chi connectivity index (χ0) is 21.4. The number of nitrogens with one attached hydrogen (secondary N) is 2. The van der Waals surface area contributed by atoms with Crippen LogP contribution >= 0.6 is 24.0 Å². The molecule has 1 fully saturated rings. The topological polar surface area (TPSA) is 109 Å². The highest BCUT2D eigenvalue weighted by Crippen LogP contribution is 2.20. The molecule has 1 unspecified atom stereocenters. The van der Waals surface area contributed by atoms with Crippen LogP contribution in [0.1, 0.15) is 66.7 Å². The van der Waals surface area contributed by atoms with Gasteiger partial charge in [0.25, 0.3) is 0 Å². The van der Waals surface area contributed by atoms with E-state index in [0.717, 1.165) is 44.7 Å². The SMILES string of the molecule is CCC(CC)(CNC(=NC)N1CCCC(CC(N)=O)C1)NC(=O)OC(C)(C)C.I. The summed E-state index contributed by atoms with van der Waals surface area (Å²) in [6.07, 6.45) is 3.52. The summed E-state index contributed by atoms with van der Waals surface area (Å²) in [5, 5.41) is 6.46. The highest BCUT2D eigenvalue weighted by atomic mass is 127. The predicted molar refractivity (Wildman–Crippen MR) is 128 cm³/mol. The van der Waals surface area contributed by atoms with Crippen LogP contribution in [0.25, 0.3) is 0 Å². The Morgan fingerprint density at radius 3 is 2.34 bits per heavy atom. The van der Waals surface area contributed by atoms with Gasteiger partial charge in [-0.25, -0.2) is 4.79 Å². The van der Waals surface area contributed by atoms with Crippen LogP contribution in [0.3, 0.4) is 0 Å². The fourth-order valence-electron chi connectivity index (χ4n) is 3.53. The van der Waals surface area contributed by atoms with Crippen molar-refractivity contribution in [2.24, 2.45) is 16.6 Å². The highest BCUT2D eigenvalue weighted by molar-refractivity contribution is 14.0. The van der Waals surface area contributed by atoms with Crippen molar-refractivity contribution in [1.29, 1.82) is 0 Å². The molecule has 0 bridgehead atoms. The van der Waals surface area contributed by atoms with Crippen molar-refractivity contribution in [3.05, 3.63) is 0 Å². The zero-order valence-corrected chi connectivity index (χ0v) is 21.2. The summed E-state index contributed by atoms with van der Waals surface area (Å²) in [5.41, 5.74) is 4.40. The van der Waals surface area contributed by atoms with E-state index in [4.69, 9.17) is 10.5 Å². The number of nitrogens with two attached hydrogens (primary N) is 1. The van der Waals surface area contributed by atoms with Gasteiger partial charge in [0.05, 0.1) is 5.54 Å². The molecule has 0 aromatic carbocycles. The standard InChI is InChI=1S/C20H39N5O3.HI/c1-7-20(8-2,24-18(27)28-19(3,4)5)14-23-17(22-6)25-11-9-10-15(13-25)12-16(21)26;/h15H,7-14H2,1-6H3,(H2,21,26)(H,22,23)(H,24,27);1H. The second-order valence-electron chi connectivity index (χ2n) is 8.64. The van der Waals surface area contributed by atoms with Crippen molar-refractivity contribution in [2.75, 3.05) is 26.7 Å². The molecular weight excluding hydrogens is 485 g/mol. The molecule has 1 atom stereocenters. The third-order valence-electron chi connectivity index (χ3n) is 5.22. The Morgan fingerprint density at radius 1 is 1.24 bits per heavy atom. The van der Waals surface area contributed by atoms with Crippen LogP contribution in [0.15, 0.2) is 4.99 Å². The summed E-state index contributed by atoms with van der Waals surface area (Å²) in [5.74, 6) is 0.783. The lowest BCUT2D eigenvalue weighted by Gasteiger charge is -2.38. The van der Waals surface area contributed by atoms with Crippen LogP contribution in [-0.2, 0) is 9.53 Å². The van der Waals surface area contributed by atoms with Crippen molar-refractivity contribution < 1.29 is 14.3 Å². The number of guanidine groups is 1. The Kier molecular flexibility index (Phi) is 11.9. The summed E-state index contributed by atoms with van der Waals surface area (Å²) in [6.45, 7) is 11.8. The third-order valence-corrected chi connectivity index (χ3v) is 5.22. The summed E-state index contributed by atoms with van der Waals surface area (Å²) in [6, 6.07) is 0. The number of rotatable bonds is 7. The summed E-state index contributed by atoms with van der Waals surface area (Å²) in [4.78, 5) is 30.1. The van der Waals surface area contributed by atoms with E-state index in [1.165, 1.54) is 0 Å². The highest BCUT2D eigenvalue weighted by Gasteiger charge is 2.32. The van der Waals surface area contributed by atoms with Crippen LogP contribution < -0.4 is 16.4 Å². The number of alkyl carbamates (subject to hydrolysis) is 1. The number of amides is 2. The van der Waals surface area contributed by atoms with Gasteiger partial charge in [-0.3, -0.25) is 9.79 Å². The van der Waals surface area contributed by atoms with Crippen molar-refractivity contribution in [1.82, 2.24) is 15.5 Å². The molecule has 1 aliphatic heterocycles. The monoisotopic (exact) mass is 525 g/mol. The van der Waals surface area contributed by atoms with Gasteiger partial charge in [0.2, 0.25) is 5.91 Å². The van der Waals surface area contributed by atoms with Crippen molar-refractivity contribution in [3.8, 4) is 0 Å². The number of hydrogen-bond donors (Lipinski definition) is 3. The van der Waals surface area contributed by atoms with Crippen LogP contribution in [0.2, 0.25) is 0 Å². The average molecular weight is 525 g/mol. The first-order valence-electron chi connectivity index (χ1n) is 10.3. The average Bonchev–Trinajstić information content (AvgIpc) is 2.59.